The summed E-state index contributed by atoms with van der Waals surface area (Å²) in [6, 6.07) is 10.9. The highest BCUT2D eigenvalue weighted by Gasteiger charge is 2.30. The molecule has 1 unspecified atom stereocenters. The molecule has 0 spiro atoms. The maximum atomic E-state index is 13.3. The van der Waals surface area contributed by atoms with Crippen LogP contribution in [0.15, 0.2) is 42.5 Å². The number of hydrogen-bond acceptors (Lipinski definition) is 4. The molecular weight excluding hydrogens is 461 g/mol. The highest BCUT2D eigenvalue weighted by molar-refractivity contribution is 7.92. The molecule has 2 rings (SSSR count). The zero-order valence-corrected chi connectivity index (χ0v) is 20.1. The second-order valence-corrected chi connectivity index (χ2v) is 9.84. The molecule has 31 heavy (non-hydrogen) atoms. The van der Waals surface area contributed by atoms with E-state index in [2.05, 4.69) is 5.32 Å². The first-order chi connectivity index (χ1) is 14.5. The quantitative estimate of drug-likeness (QED) is 0.621. The highest BCUT2D eigenvalue weighted by atomic mass is 35.5. The fourth-order valence-corrected chi connectivity index (χ4v) is 4.23. The van der Waals surface area contributed by atoms with Crippen molar-refractivity contribution in [1.29, 1.82) is 0 Å². The zero-order valence-electron chi connectivity index (χ0n) is 17.7. The summed E-state index contributed by atoms with van der Waals surface area (Å²) in [4.78, 5) is 26.9. The molecule has 0 heterocycles. The van der Waals surface area contributed by atoms with Crippen molar-refractivity contribution in [2.24, 2.45) is 0 Å². The van der Waals surface area contributed by atoms with Crippen LogP contribution in [0, 0.1) is 6.92 Å². The molecule has 0 saturated heterocycles. The molecule has 2 aromatic rings. The topological polar surface area (TPSA) is 86.8 Å². The number of rotatable bonds is 8. The predicted octanol–water partition coefficient (Wildman–Crippen LogP) is 3.23. The van der Waals surface area contributed by atoms with Crippen LogP contribution in [0.4, 0.5) is 5.69 Å². The molecule has 0 aliphatic rings. The molecule has 168 valence electrons. The number of carbonyl (C=O) groups excluding carboxylic acids is 2. The molecule has 1 N–H and O–H groups in total. The van der Waals surface area contributed by atoms with Gasteiger partial charge in [-0.2, -0.15) is 0 Å². The van der Waals surface area contributed by atoms with E-state index in [0.717, 1.165) is 16.1 Å². The van der Waals surface area contributed by atoms with Gasteiger partial charge in [0.15, 0.2) is 0 Å². The van der Waals surface area contributed by atoms with Crippen molar-refractivity contribution in [1.82, 2.24) is 10.2 Å². The van der Waals surface area contributed by atoms with Crippen LogP contribution in [0.1, 0.15) is 18.1 Å². The van der Waals surface area contributed by atoms with Crippen molar-refractivity contribution in [2.45, 2.75) is 26.4 Å². The third-order valence-electron chi connectivity index (χ3n) is 4.87. The fraction of sp³-hybridized carbons (Fsp3) is 0.333. The van der Waals surface area contributed by atoms with Crippen molar-refractivity contribution in [2.75, 3.05) is 24.2 Å². The zero-order chi connectivity index (χ0) is 23.3. The van der Waals surface area contributed by atoms with Gasteiger partial charge in [-0.05, 0) is 49.2 Å². The third-order valence-corrected chi connectivity index (χ3v) is 6.65. The lowest BCUT2D eigenvalue weighted by molar-refractivity contribution is -0.139. The molecule has 0 aromatic heterocycles. The third kappa shape index (κ3) is 6.35. The minimum Gasteiger partial charge on any atom is -0.357 e. The van der Waals surface area contributed by atoms with Gasteiger partial charge in [0.1, 0.15) is 12.6 Å². The molecule has 2 aromatic carbocycles. The predicted molar refractivity (Wildman–Crippen MR) is 124 cm³/mol. The Hall–Kier alpha value is -2.29. The van der Waals surface area contributed by atoms with Crippen LogP contribution in [0.25, 0.3) is 0 Å². The summed E-state index contributed by atoms with van der Waals surface area (Å²) in [6.45, 7) is 2.90. The van der Waals surface area contributed by atoms with Gasteiger partial charge in [0.05, 0.1) is 11.9 Å². The molecule has 0 saturated carbocycles. The van der Waals surface area contributed by atoms with E-state index in [0.29, 0.717) is 21.3 Å². The lowest BCUT2D eigenvalue weighted by Gasteiger charge is -2.31. The Balaban J connectivity index is 2.42. The normalized spacial score (nSPS) is 12.2. The van der Waals surface area contributed by atoms with Crippen LogP contribution in [-0.2, 0) is 26.2 Å². The molecule has 0 aliphatic carbocycles. The lowest BCUT2D eigenvalue weighted by atomic mass is 10.1. The number of nitrogens with zero attached hydrogens (tertiary/aromatic N) is 2. The molecule has 0 bridgehead atoms. The number of benzene rings is 2. The molecular formula is C21H25Cl2N3O4S. The number of halogens is 2. The minimum atomic E-state index is -3.81. The highest BCUT2D eigenvalue weighted by Crippen LogP contribution is 2.28. The van der Waals surface area contributed by atoms with Gasteiger partial charge < -0.3 is 10.2 Å². The summed E-state index contributed by atoms with van der Waals surface area (Å²) < 4.78 is 26.1. The van der Waals surface area contributed by atoms with Crippen molar-refractivity contribution < 1.29 is 18.0 Å². The second kappa shape index (κ2) is 10.3. The lowest BCUT2D eigenvalue weighted by Crippen LogP contribution is -2.50. The maximum absolute atomic E-state index is 13.3. The molecule has 0 radical (unpaired) electrons. The van der Waals surface area contributed by atoms with Crippen molar-refractivity contribution >= 4 is 50.7 Å². The standard InChI is InChI=1S/C21H25Cl2N3O4S/c1-14-18(23)6-5-7-19(14)26(31(4,29)30)13-20(27)25(15(2)21(28)24-3)12-16-8-10-17(22)11-9-16/h5-11,15H,12-13H2,1-4H3,(H,24,28). The largest absolute Gasteiger partial charge is 0.357 e. The van der Waals surface area contributed by atoms with Gasteiger partial charge >= 0.3 is 0 Å². The Labute approximate surface area is 193 Å². The molecule has 0 fully saturated rings. The fourth-order valence-electron chi connectivity index (χ4n) is 3.04. The molecule has 7 nitrogen and oxygen atoms in total. The molecule has 2 amide bonds. The number of likely N-dealkylation sites (N-methyl/N-ethyl adjacent to an activating group) is 1. The average molecular weight is 486 g/mol. The van der Waals surface area contributed by atoms with Crippen molar-refractivity contribution in [3.8, 4) is 0 Å². The van der Waals surface area contributed by atoms with Gasteiger partial charge in [-0.1, -0.05) is 41.4 Å². The van der Waals surface area contributed by atoms with Crippen LogP contribution in [0.3, 0.4) is 0 Å². The van der Waals surface area contributed by atoms with E-state index in [1.165, 1.54) is 11.9 Å². The van der Waals surface area contributed by atoms with Gasteiger partial charge in [-0.3, -0.25) is 13.9 Å². The molecule has 0 aliphatic heterocycles. The van der Waals surface area contributed by atoms with E-state index in [1.807, 2.05) is 0 Å². The summed E-state index contributed by atoms with van der Waals surface area (Å²) in [5.74, 6) is -0.900. The van der Waals surface area contributed by atoms with E-state index < -0.39 is 28.5 Å². The van der Waals surface area contributed by atoms with Crippen molar-refractivity contribution in [3.05, 3.63) is 63.6 Å². The van der Waals surface area contributed by atoms with Crippen LogP contribution in [-0.4, -0.2) is 51.0 Å². The number of carbonyl (C=O) groups is 2. The average Bonchev–Trinajstić information content (AvgIpc) is 2.71. The van der Waals surface area contributed by atoms with E-state index in [4.69, 9.17) is 23.2 Å². The Morgan fingerprint density at radius 3 is 2.26 bits per heavy atom. The number of anilines is 1. The van der Waals surface area contributed by atoms with Crippen LogP contribution in [0.2, 0.25) is 10.0 Å². The summed E-state index contributed by atoms with van der Waals surface area (Å²) in [7, 11) is -2.33. The smallest absolute Gasteiger partial charge is 0.244 e. The van der Waals surface area contributed by atoms with Gasteiger partial charge in [0.2, 0.25) is 21.8 Å². The number of sulfonamides is 1. The van der Waals surface area contributed by atoms with Gasteiger partial charge in [-0.15, -0.1) is 0 Å². The number of hydrogen-bond donors (Lipinski definition) is 1. The first kappa shape index (κ1) is 25.0. The van der Waals surface area contributed by atoms with Crippen molar-refractivity contribution in [3.63, 3.8) is 0 Å². The van der Waals surface area contributed by atoms with Gasteiger partial charge in [0.25, 0.3) is 0 Å². The minimum absolute atomic E-state index is 0.108. The Bertz CT molecular complexity index is 1060. The van der Waals surface area contributed by atoms with E-state index in [-0.39, 0.29) is 12.5 Å². The SMILES string of the molecule is CNC(=O)C(C)N(Cc1ccc(Cl)cc1)C(=O)CN(c1cccc(Cl)c1C)S(C)(=O)=O. The van der Waals surface area contributed by atoms with Crippen LogP contribution < -0.4 is 9.62 Å². The Morgan fingerprint density at radius 2 is 1.71 bits per heavy atom. The van der Waals surface area contributed by atoms with E-state index >= 15 is 0 Å². The monoisotopic (exact) mass is 485 g/mol. The van der Waals surface area contributed by atoms with Gasteiger partial charge in [0, 0.05) is 23.6 Å². The Morgan fingerprint density at radius 1 is 1.10 bits per heavy atom. The van der Waals surface area contributed by atoms with E-state index in [1.54, 1.807) is 56.3 Å². The van der Waals surface area contributed by atoms with Crippen LogP contribution >= 0.6 is 23.2 Å². The Kier molecular flexibility index (Phi) is 8.34. The summed E-state index contributed by atoms with van der Waals surface area (Å²) in [5.41, 5.74) is 1.59. The summed E-state index contributed by atoms with van der Waals surface area (Å²) in [5, 5.41) is 3.45. The summed E-state index contributed by atoms with van der Waals surface area (Å²) >= 11 is 12.1. The molecule has 10 heteroatoms. The van der Waals surface area contributed by atoms with Gasteiger partial charge in [-0.25, -0.2) is 8.42 Å². The first-order valence-electron chi connectivity index (χ1n) is 9.44. The molecule has 1 atom stereocenters. The number of amides is 2. The van der Waals surface area contributed by atoms with E-state index in [9.17, 15) is 18.0 Å². The number of nitrogens with one attached hydrogen (secondary N) is 1. The summed E-state index contributed by atoms with van der Waals surface area (Å²) in [6.07, 6.45) is 1.02. The van der Waals surface area contributed by atoms with Crippen LogP contribution in [0.5, 0.6) is 0 Å². The maximum Gasteiger partial charge on any atom is 0.244 e. The second-order valence-electron chi connectivity index (χ2n) is 7.09. The first-order valence-corrected chi connectivity index (χ1v) is 12.0.